The van der Waals surface area contributed by atoms with Gasteiger partial charge in [-0.15, -0.1) is 0 Å². The molecule has 0 saturated carbocycles. The molecule has 3 aromatic rings. The third-order valence-electron chi connectivity index (χ3n) is 5.38. The van der Waals surface area contributed by atoms with Crippen molar-refractivity contribution in [3.63, 3.8) is 0 Å². The number of carbonyl (C=O) groups excluding carboxylic acids is 1. The molecule has 0 unspecified atom stereocenters. The highest BCUT2D eigenvalue weighted by Gasteiger charge is 2.42. The van der Waals surface area contributed by atoms with Gasteiger partial charge in [-0.25, -0.2) is 0 Å². The summed E-state index contributed by atoms with van der Waals surface area (Å²) < 4.78 is 7.73. The number of carbonyl (C=O) groups is 1. The molecule has 1 fully saturated rings. The Labute approximate surface area is 170 Å². The van der Waals surface area contributed by atoms with Crippen LogP contribution in [-0.2, 0) is 16.9 Å². The number of benzene rings is 2. The van der Waals surface area contributed by atoms with Gasteiger partial charge >= 0.3 is 0 Å². The van der Waals surface area contributed by atoms with Gasteiger partial charge in [0.15, 0.2) is 0 Å². The SMILES string of the molecule is Cc1cccc(COc2cccc(NC(=O)C3(n4cccn4)CCNCC3)c2)c1. The number of anilines is 1. The number of ether oxygens (including phenoxy) is 1. The van der Waals surface area contributed by atoms with Crippen molar-refractivity contribution < 1.29 is 9.53 Å². The molecule has 0 spiro atoms. The highest BCUT2D eigenvalue weighted by molar-refractivity contribution is 5.96. The number of amides is 1. The fourth-order valence-electron chi connectivity index (χ4n) is 3.80. The fourth-order valence-corrected chi connectivity index (χ4v) is 3.80. The number of piperidine rings is 1. The predicted molar refractivity (Wildman–Crippen MR) is 113 cm³/mol. The first-order chi connectivity index (χ1) is 14.2. The fraction of sp³-hybridized carbons (Fsp3) is 0.304. The van der Waals surface area contributed by atoms with Crippen LogP contribution in [0.5, 0.6) is 5.75 Å². The van der Waals surface area contributed by atoms with Gasteiger partial charge in [-0.1, -0.05) is 35.9 Å². The molecule has 6 nitrogen and oxygen atoms in total. The van der Waals surface area contributed by atoms with Gasteiger partial charge in [-0.3, -0.25) is 9.48 Å². The third-order valence-corrected chi connectivity index (χ3v) is 5.38. The highest BCUT2D eigenvalue weighted by atomic mass is 16.5. The molecule has 1 amide bonds. The van der Waals surface area contributed by atoms with E-state index in [0.717, 1.165) is 30.1 Å². The summed E-state index contributed by atoms with van der Waals surface area (Å²) in [5.41, 5.74) is 2.37. The summed E-state index contributed by atoms with van der Waals surface area (Å²) in [5, 5.41) is 10.8. The van der Waals surface area contributed by atoms with E-state index in [-0.39, 0.29) is 5.91 Å². The van der Waals surface area contributed by atoms with Gasteiger partial charge in [0.25, 0.3) is 5.91 Å². The molecule has 2 aromatic carbocycles. The van der Waals surface area contributed by atoms with Crippen LogP contribution in [0.15, 0.2) is 67.0 Å². The summed E-state index contributed by atoms with van der Waals surface area (Å²) in [5.74, 6) is 0.682. The summed E-state index contributed by atoms with van der Waals surface area (Å²) in [7, 11) is 0. The van der Waals surface area contributed by atoms with Crippen LogP contribution in [0.1, 0.15) is 24.0 Å². The molecule has 0 aliphatic carbocycles. The van der Waals surface area contributed by atoms with Gasteiger partial charge in [0.2, 0.25) is 0 Å². The van der Waals surface area contributed by atoms with Crippen molar-refractivity contribution in [2.75, 3.05) is 18.4 Å². The lowest BCUT2D eigenvalue weighted by Gasteiger charge is -2.36. The second kappa shape index (κ2) is 8.49. The zero-order valence-corrected chi connectivity index (χ0v) is 16.6. The Morgan fingerprint density at radius 3 is 2.76 bits per heavy atom. The molecule has 2 heterocycles. The van der Waals surface area contributed by atoms with Crippen LogP contribution in [0.4, 0.5) is 5.69 Å². The smallest absolute Gasteiger partial charge is 0.252 e. The Morgan fingerprint density at radius 1 is 1.17 bits per heavy atom. The highest BCUT2D eigenvalue weighted by Crippen LogP contribution is 2.29. The second-order valence-electron chi connectivity index (χ2n) is 7.49. The molecule has 0 radical (unpaired) electrons. The summed E-state index contributed by atoms with van der Waals surface area (Å²) in [6.45, 7) is 4.12. The van der Waals surface area contributed by atoms with E-state index in [2.05, 4.69) is 34.8 Å². The van der Waals surface area contributed by atoms with Gasteiger partial charge < -0.3 is 15.4 Å². The van der Waals surface area contributed by atoms with Crippen molar-refractivity contribution in [3.8, 4) is 5.75 Å². The van der Waals surface area contributed by atoms with Crippen LogP contribution >= 0.6 is 0 Å². The molecule has 2 N–H and O–H groups in total. The molecule has 150 valence electrons. The van der Waals surface area contributed by atoms with Crippen LogP contribution < -0.4 is 15.4 Å². The summed E-state index contributed by atoms with van der Waals surface area (Å²) in [6, 6.07) is 17.6. The molecule has 4 rings (SSSR count). The lowest BCUT2D eigenvalue weighted by atomic mass is 9.87. The normalized spacial score (nSPS) is 15.6. The molecule has 0 bridgehead atoms. The number of aryl methyl sites for hydroxylation is 1. The molecule has 1 saturated heterocycles. The molecule has 1 aromatic heterocycles. The molecule has 1 aliphatic rings. The van der Waals surface area contributed by atoms with Crippen LogP contribution in [-0.4, -0.2) is 28.8 Å². The van der Waals surface area contributed by atoms with Gasteiger partial charge in [-0.2, -0.15) is 5.10 Å². The minimum Gasteiger partial charge on any atom is -0.489 e. The third kappa shape index (κ3) is 4.32. The van der Waals surface area contributed by atoms with Crippen LogP contribution in [0.3, 0.4) is 0 Å². The van der Waals surface area contributed by atoms with Gasteiger partial charge in [0.05, 0.1) is 0 Å². The zero-order valence-electron chi connectivity index (χ0n) is 16.6. The minimum absolute atomic E-state index is 0.0430. The molecule has 6 heteroatoms. The Kier molecular flexibility index (Phi) is 5.62. The lowest BCUT2D eigenvalue weighted by molar-refractivity contribution is -0.126. The Hall–Kier alpha value is -3.12. The molecule has 29 heavy (non-hydrogen) atoms. The first-order valence-corrected chi connectivity index (χ1v) is 9.96. The molecule has 0 atom stereocenters. The zero-order chi connectivity index (χ0) is 20.1. The van der Waals surface area contributed by atoms with Gasteiger partial charge in [0.1, 0.15) is 17.9 Å². The maximum absolute atomic E-state index is 13.3. The van der Waals surface area contributed by atoms with E-state index >= 15 is 0 Å². The largest absolute Gasteiger partial charge is 0.489 e. The van der Waals surface area contributed by atoms with Crippen LogP contribution in [0.2, 0.25) is 0 Å². The van der Waals surface area contributed by atoms with Crippen molar-refractivity contribution in [1.82, 2.24) is 15.1 Å². The Morgan fingerprint density at radius 2 is 2.00 bits per heavy atom. The van der Waals surface area contributed by atoms with E-state index in [0.29, 0.717) is 19.4 Å². The van der Waals surface area contributed by atoms with Gasteiger partial charge in [0, 0.05) is 24.1 Å². The van der Waals surface area contributed by atoms with Crippen molar-refractivity contribution >= 4 is 11.6 Å². The van der Waals surface area contributed by atoms with E-state index in [1.165, 1.54) is 5.56 Å². The predicted octanol–water partition coefficient (Wildman–Crippen LogP) is 3.49. The summed E-state index contributed by atoms with van der Waals surface area (Å²) in [4.78, 5) is 13.3. The maximum Gasteiger partial charge on any atom is 0.252 e. The van der Waals surface area contributed by atoms with E-state index < -0.39 is 5.54 Å². The van der Waals surface area contributed by atoms with Crippen molar-refractivity contribution in [2.24, 2.45) is 0 Å². The van der Waals surface area contributed by atoms with Gasteiger partial charge in [-0.05, 0) is 56.6 Å². The average molecular weight is 390 g/mol. The number of aromatic nitrogens is 2. The van der Waals surface area contributed by atoms with Crippen LogP contribution in [0.25, 0.3) is 0 Å². The quantitative estimate of drug-likeness (QED) is 0.676. The Bertz CT molecular complexity index is 963. The van der Waals surface area contributed by atoms with E-state index in [4.69, 9.17) is 4.74 Å². The number of nitrogens with zero attached hydrogens (tertiary/aromatic N) is 2. The first kappa shape index (κ1) is 19.2. The molecular weight excluding hydrogens is 364 g/mol. The average Bonchev–Trinajstić information content (AvgIpc) is 3.29. The number of hydrogen-bond acceptors (Lipinski definition) is 4. The minimum atomic E-state index is -0.673. The Balaban J connectivity index is 1.47. The number of nitrogens with one attached hydrogen (secondary N) is 2. The lowest BCUT2D eigenvalue weighted by Crippen LogP contribution is -2.52. The second-order valence-corrected chi connectivity index (χ2v) is 7.49. The van der Waals surface area contributed by atoms with E-state index in [9.17, 15) is 4.79 Å². The van der Waals surface area contributed by atoms with Crippen LogP contribution in [0, 0.1) is 6.92 Å². The standard InChI is InChI=1S/C23H26N4O2/c1-18-5-2-6-19(15-18)17-29-21-8-3-7-20(16-21)26-22(28)23(9-12-24-13-10-23)27-14-4-11-25-27/h2-8,11,14-16,24H,9-10,12-13,17H2,1H3,(H,26,28). The van der Waals surface area contributed by atoms with Crippen molar-refractivity contribution in [3.05, 3.63) is 78.1 Å². The van der Waals surface area contributed by atoms with E-state index in [1.807, 2.05) is 48.7 Å². The monoisotopic (exact) mass is 390 g/mol. The van der Waals surface area contributed by atoms with Crippen molar-refractivity contribution in [1.29, 1.82) is 0 Å². The van der Waals surface area contributed by atoms with E-state index in [1.54, 1.807) is 10.9 Å². The number of hydrogen-bond donors (Lipinski definition) is 2. The maximum atomic E-state index is 13.3. The first-order valence-electron chi connectivity index (χ1n) is 9.96. The number of rotatable bonds is 6. The van der Waals surface area contributed by atoms with Crippen molar-refractivity contribution in [2.45, 2.75) is 31.9 Å². The topological polar surface area (TPSA) is 68.2 Å². The molecule has 1 aliphatic heterocycles. The summed E-state index contributed by atoms with van der Waals surface area (Å²) >= 11 is 0. The molecular formula is C23H26N4O2. The summed E-state index contributed by atoms with van der Waals surface area (Å²) in [6.07, 6.45) is 4.98.